The van der Waals surface area contributed by atoms with E-state index in [2.05, 4.69) is 76.2 Å². The van der Waals surface area contributed by atoms with Gasteiger partial charge in [-0.25, -0.2) is 4.70 Å². The van der Waals surface area contributed by atoms with Crippen molar-refractivity contribution < 1.29 is 4.70 Å². The highest BCUT2D eigenvalue weighted by atomic mass is 15.2. The summed E-state index contributed by atoms with van der Waals surface area (Å²) >= 11 is 0. The fourth-order valence-corrected chi connectivity index (χ4v) is 5.88. The molecule has 2 aromatic carbocycles. The highest BCUT2D eigenvalue weighted by Crippen LogP contribution is 2.44. The van der Waals surface area contributed by atoms with E-state index in [1.165, 1.54) is 92.9 Å². The largest absolute Gasteiger partial charge is 0.493 e. The third-order valence-electron chi connectivity index (χ3n) is 8.24. The minimum atomic E-state index is 1.02. The summed E-state index contributed by atoms with van der Waals surface area (Å²) in [6.07, 6.45) is 20.5. The van der Waals surface area contributed by atoms with Crippen LogP contribution < -0.4 is 0 Å². The van der Waals surface area contributed by atoms with Crippen LogP contribution in [-0.2, 0) is 12.8 Å². The van der Waals surface area contributed by atoms with Gasteiger partial charge >= 0.3 is 0 Å². The van der Waals surface area contributed by atoms with Crippen LogP contribution in [0, 0.1) is 0 Å². The maximum Gasteiger partial charge on any atom is 0.211 e. The van der Waals surface area contributed by atoms with Crippen LogP contribution in [0.25, 0.3) is 16.9 Å². The molecule has 0 saturated heterocycles. The quantitative estimate of drug-likeness (QED) is 0.128. The summed E-state index contributed by atoms with van der Waals surface area (Å²) in [5.41, 5.74) is 21.7. The molecule has 212 valence electrons. The van der Waals surface area contributed by atoms with Crippen molar-refractivity contribution in [2.45, 2.75) is 137 Å². The molecule has 1 heterocycles. The van der Waals surface area contributed by atoms with Gasteiger partial charge in [0.1, 0.15) is 0 Å². The Hall–Kier alpha value is -2.48. The summed E-state index contributed by atoms with van der Waals surface area (Å²) in [5, 5.41) is 0. The van der Waals surface area contributed by atoms with Gasteiger partial charge in [-0.15, -0.1) is 0 Å². The molecule has 3 rings (SSSR count). The number of benzene rings is 2. The van der Waals surface area contributed by atoms with Crippen LogP contribution in [0.2, 0.25) is 0 Å². The first kappa shape index (κ1) is 31.1. The number of rotatable bonds is 19. The molecule has 0 spiro atoms. The molecule has 0 atom stereocenters. The Balaban J connectivity index is 1.98. The molecule has 0 fully saturated rings. The molecule has 2 heteroatoms. The second-order valence-electron chi connectivity index (χ2n) is 11.5. The van der Waals surface area contributed by atoms with E-state index in [1.807, 2.05) is 0 Å². The predicted octanol–water partition coefficient (Wildman–Crippen LogP) is 11.9. The minimum absolute atomic E-state index is 1.02. The normalized spacial score (nSPS) is 13.7. The Morgan fingerprint density at radius 3 is 1.69 bits per heavy atom. The highest BCUT2D eigenvalue weighted by molar-refractivity contribution is 5.82. The van der Waals surface area contributed by atoms with Crippen molar-refractivity contribution in [3.05, 3.63) is 87.5 Å². The summed E-state index contributed by atoms with van der Waals surface area (Å²) in [6, 6.07) is 18.0. The van der Waals surface area contributed by atoms with Crippen LogP contribution in [0.3, 0.4) is 0 Å². The van der Waals surface area contributed by atoms with Gasteiger partial charge in [-0.3, -0.25) is 0 Å². The average Bonchev–Trinajstić information content (AvgIpc) is 3.23. The van der Waals surface area contributed by atoms with Gasteiger partial charge < -0.3 is 5.53 Å². The van der Waals surface area contributed by atoms with Crippen molar-refractivity contribution >= 4 is 11.4 Å². The molecule has 2 aromatic rings. The monoisotopic (exact) mass is 526 g/mol. The molecule has 1 aliphatic rings. The third kappa shape index (κ3) is 9.02. The van der Waals surface area contributed by atoms with Crippen LogP contribution in [-0.4, -0.2) is 4.70 Å². The highest BCUT2D eigenvalue weighted by Gasteiger charge is 2.35. The smallest absolute Gasteiger partial charge is 0.211 e. The number of aryl methyl sites for hydroxylation is 2. The van der Waals surface area contributed by atoms with Crippen molar-refractivity contribution in [3.63, 3.8) is 0 Å². The fraction of sp³-hybridized carbons (Fsp3) is 0.568. The number of nitrogens with zero attached hydrogens (tertiary/aromatic N) is 2. The van der Waals surface area contributed by atoms with E-state index < -0.39 is 0 Å². The summed E-state index contributed by atoms with van der Waals surface area (Å²) < 4.78 is 1.56. The van der Waals surface area contributed by atoms with Gasteiger partial charge in [0, 0.05) is 22.3 Å². The molecule has 0 saturated carbocycles. The van der Waals surface area contributed by atoms with Gasteiger partial charge in [0.25, 0.3) is 0 Å². The summed E-state index contributed by atoms with van der Waals surface area (Å²) in [5.74, 6) is 0. The summed E-state index contributed by atoms with van der Waals surface area (Å²) in [4.78, 5) is 0. The van der Waals surface area contributed by atoms with E-state index >= 15 is 0 Å². The molecular weight excluding hydrogens is 472 g/mol. The van der Waals surface area contributed by atoms with Gasteiger partial charge in [-0.1, -0.05) is 110 Å². The number of allylic oxidation sites excluding steroid dienone is 2. The first-order valence-electron chi connectivity index (χ1n) is 16.3. The Morgan fingerprint density at radius 2 is 1.00 bits per heavy atom. The number of unbranched alkanes of at least 4 members (excludes halogenated alkanes) is 9. The SMILES string of the molecule is CCCCCCCCC1=C(c2ccc(CCCC)cc2)[N+](=[N-])C(c2cccc(CCCCC)c2)=C1CCCC. The molecule has 2 nitrogen and oxygen atoms in total. The molecule has 0 radical (unpaired) electrons. The van der Waals surface area contributed by atoms with E-state index in [4.69, 9.17) is 0 Å². The van der Waals surface area contributed by atoms with Crippen molar-refractivity contribution in [2.75, 3.05) is 0 Å². The lowest BCUT2D eigenvalue weighted by Gasteiger charge is -2.11. The predicted molar refractivity (Wildman–Crippen MR) is 170 cm³/mol. The molecule has 0 aromatic heterocycles. The van der Waals surface area contributed by atoms with Crippen molar-refractivity contribution in [2.24, 2.45) is 0 Å². The van der Waals surface area contributed by atoms with E-state index in [0.717, 1.165) is 61.0 Å². The molecule has 0 aliphatic carbocycles. The first-order chi connectivity index (χ1) is 19.1. The van der Waals surface area contributed by atoms with Crippen LogP contribution >= 0.6 is 0 Å². The molecule has 0 amide bonds. The second-order valence-corrected chi connectivity index (χ2v) is 11.5. The van der Waals surface area contributed by atoms with Crippen LogP contribution in [0.5, 0.6) is 0 Å². The molecule has 1 aliphatic heterocycles. The lowest BCUT2D eigenvalue weighted by atomic mass is 9.91. The lowest BCUT2D eigenvalue weighted by molar-refractivity contribution is -0.345. The Morgan fingerprint density at radius 1 is 0.487 bits per heavy atom. The summed E-state index contributed by atoms with van der Waals surface area (Å²) in [6.45, 7) is 9.06. The molecule has 0 N–H and O–H groups in total. The van der Waals surface area contributed by atoms with Crippen LogP contribution in [0.4, 0.5) is 0 Å². The van der Waals surface area contributed by atoms with E-state index in [9.17, 15) is 5.53 Å². The van der Waals surface area contributed by atoms with Crippen molar-refractivity contribution in [1.29, 1.82) is 0 Å². The molecule has 0 bridgehead atoms. The Bertz CT molecular complexity index is 1090. The van der Waals surface area contributed by atoms with Gasteiger partial charge in [-0.05, 0) is 86.8 Å². The van der Waals surface area contributed by atoms with Crippen molar-refractivity contribution in [3.8, 4) is 0 Å². The number of hydrogen-bond acceptors (Lipinski definition) is 0. The topological polar surface area (TPSA) is 25.3 Å². The summed E-state index contributed by atoms with van der Waals surface area (Å²) in [7, 11) is 0. The van der Waals surface area contributed by atoms with Crippen LogP contribution in [0.1, 0.15) is 146 Å². The van der Waals surface area contributed by atoms with Crippen molar-refractivity contribution in [1.82, 2.24) is 0 Å². The standard InChI is InChI=1S/C37H54N2/c1-5-9-13-14-15-17-24-35-34(23-12-8-4)37(33-22-18-21-31(29-33)20-16-10-6-2)39(38)36(35)32-27-25-30(26-28-32)19-11-7-3/h18,21-22,25-29H,5-17,19-20,23-24H2,1-4H3. The van der Waals surface area contributed by atoms with Gasteiger partial charge in [0.2, 0.25) is 11.4 Å². The molecule has 39 heavy (non-hydrogen) atoms. The zero-order valence-corrected chi connectivity index (χ0v) is 25.5. The zero-order valence-electron chi connectivity index (χ0n) is 25.5. The third-order valence-corrected chi connectivity index (χ3v) is 8.24. The zero-order chi connectivity index (χ0) is 27.9. The molecular formula is C37H54N2. The maximum atomic E-state index is 11.9. The Labute approximate surface area is 240 Å². The van der Waals surface area contributed by atoms with Crippen LogP contribution in [0.15, 0.2) is 59.7 Å². The minimum Gasteiger partial charge on any atom is -0.493 e. The molecule has 0 unspecified atom stereocenters. The van der Waals surface area contributed by atoms with E-state index in [-0.39, 0.29) is 0 Å². The van der Waals surface area contributed by atoms with Gasteiger partial charge in [0.05, 0.1) is 0 Å². The lowest BCUT2D eigenvalue weighted by Crippen LogP contribution is -2.03. The van der Waals surface area contributed by atoms with E-state index in [0.29, 0.717) is 0 Å². The fourth-order valence-electron chi connectivity index (χ4n) is 5.88. The maximum absolute atomic E-state index is 11.9. The first-order valence-corrected chi connectivity index (χ1v) is 16.3. The van der Waals surface area contributed by atoms with Gasteiger partial charge in [0.15, 0.2) is 0 Å². The van der Waals surface area contributed by atoms with Gasteiger partial charge in [-0.2, -0.15) is 0 Å². The number of hydrogen-bond donors (Lipinski definition) is 0. The Kier molecular flexibility index (Phi) is 13.7. The second kappa shape index (κ2) is 17.3. The van der Waals surface area contributed by atoms with E-state index in [1.54, 1.807) is 4.70 Å². The average molecular weight is 527 g/mol.